The molecule has 2 aliphatic rings. The summed E-state index contributed by atoms with van der Waals surface area (Å²) in [7, 11) is 0. The Kier molecular flexibility index (Phi) is 6.99. The van der Waals surface area contributed by atoms with Gasteiger partial charge in [-0.25, -0.2) is 9.97 Å². The Bertz CT molecular complexity index is 2630. The maximum atomic E-state index is 7.57. The van der Waals surface area contributed by atoms with Gasteiger partial charge in [0.1, 0.15) is 0 Å². The van der Waals surface area contributed by atoms with E-state index in [0.29, 0.717) is 22.8 Å². The van der Waals surface area contributed by atoms with Gasteiger partial charge >= 0.3 is 0 Å². The number of nitrogens with one attached hydrogen (secondary N) is 1. The van der Waals surface area contributed by atoms with E-state index in [1.807, 2.05) is 66.7 Å². The minimum Gasteiger partial charge on any atom is -0.395 e. The number of hydrogen-bond acceptors (Lipinski definition) is 4. The van der Waals surface area contributed by atoms with E-state index in [2.05, 4.69) is 107 Å². The molecule has 5 heterocycles. The second kappa shape index (κ2) is 12.0. The monoisotopic (exact) mass is 644 g/mol. The normalized spacial score (nSPS) is 12.2. The van der Waals surface area contributed by atoms with Crippen molar-refractivity contribution in [2.45, 2.75) is 0 Å². The molecule has 0 saturated heterocycles. The molecule has 0 unspecified atom stereocenters. The highest BCUT2D eigenvalue weighted by atomic mass is 15.0. The molecule has 0 fully saturated rings. The number of anilines is 2. The maximum Gasteiger partial charge on any atom is 0.0968 e. The van der Waals surface area contributed by atoms with Gasteiger partial charge in [-0.2, -0.15) is 0 Å². The van der Waals surface area contributed by atoms with Crippen LogP contribution in [0.1, 0.15) is 28.3 Å². The van der Waals surface area contributed by atoms with Gasteiger partial charge in [-0.05, 0) is 71.3 Å². The van der Waals surface area contributed by atoms with Gasteiger partial charge in [-0.1, -0.05) is 109 Å². The Labute approximate surface area is 289 Å². The fraction of sp³-hybridized carbons (Fsp3) is 0. The average molecular weight is 645 g/mol. The van der Waals surface area contributed by atoms with Crippen molar-refractivity contribution in [1.82, 2.24) is 19.5 Å². The predicted octanol–water partition coefficient (Wildman–Crippen LogP) is 10.0. The summed E-state index contributed by atoms with van der Waals surface area (Å²) in [4.78, 5) is 13.7. The van der Waals surface area contributed by atoms with Gasteiger partial charge in [-0.3, -0.25) is 0 Å². The van der Waals surface area contributed by atoms with Crippen LogP contribution in [0, 0.1) is 0 Å². The maximum absolute atomic E-state index is 7.57. The lowest BCUT2D eigenvalue weighted by atomic mass is 9.95. The third-order valence-corrected chi connectivity index (χ3v) is 9.26. The van der Waals surface area contributed by atoms with Gasteiger partial charge in [0.25, 0.3) is 0 Å². The molecule has 0 amide bonds. The number of H-pyrrole nitrogens is 1. The zero-order valence-corrected chi connectivity index (χ0v) is 27.1. The molecule has 5 N–H and O–H groups in total. The second-order valence-electron chi connectivity index (χ2n) is 12.4. The molecule has 3 aromatic heterocycles. The van der Waals surface area contributed by atoms with Crippen molar-refractivity contribution in [2.75, 3.05) is 11.5 Å². The average Bonchev–Trinajstić information content (AvgIpc) is 3.98. The van der Waals surface area contributed by atoms with Crippen LogP contribution in [0.5, 0.6) is 0 Å². The van der Waals surface area contributed by atoms with Crippen molar-refractivity contribution < 1.29 is 0 Å². The van der Waals surface area contributed by atoms with Crippen LogP contribution < -0.4 is 11.5 Å². The van der Waals surface area contributed by atoms with Crippen LogP contribution in [0.2, 0.25) is 0 Å². The summed E-state index contributed by atoms with van der Waals surface area (Å²) in [6, 6.07) is 49.7. The van der Waals surface area contributed by atoms with Crippen molar-refractivity contribution in [1.29, 1.82) is 0 Å². The lowest BCUT2D eigenvalue weighted by Gasteiger charge is -2.12. The first-order valence-corrected chi connectivity index (χ1v) is 16.6. The molecule has 0 atom stereocenters. The number of aromatic amines is 1. The Hall–Kier alpha value is -6.92. The van der Waals surface area contributed by atoms with Crippen molar-refractivity contribution in [3.8, 4) is 27.9 Å². The second-order valence-corrected chi connectivity index (χ2v) is 12.4. The highest BCUT2D eigenvalue weighted by Crippen LogP contribution is 2.46. The molecule has 8 bridgehead atoms. The predicted molar refractivity (Wildman–Crippen MR) is 208 cm³/mol. The quantitative estimate of drug-likeness (QED) is 0.178. The third-order valence-electron chi connectivity index (χ3n) is 9.26. The molecule has 9 rings (SSSR count). The molecule has 0 radical (unpaired) electrons. The van der Waals surface area contributed by atoms with E-state index in [1.54, 1.807) is 0 Å². The number of fused-ring (bicyclic) bond motifs is 8. The number of benzene rings is 4. The van der Waals surface area contributed by atoms with Crippen molar-refractivity contribution in [3.05, 3.63) is 174 Å². The summed E-state index contributed by atoms with van der Waals surface area (Å²) >= 11 is 0. The molecule has 6 nitrogen and oxygen atoms in total. The number of hydrogen-bond donors (Lipinski definition) is 3. The summed E-state index contributed by atoms with van der Waals surface area (Å²) in [5, 5.41) is 0. The van der Waals surface area contributed by atoms with Gasteiger partial charge in [-0.15, -0.1) is 0 Å². The van der Waals surface area contributed by atoms with Crippen LogP contribution in [0.4, 0.5) is 11.4 Å². The fourth-order valence-electron chi connectivity index (χ4n) is 6.97. The standard InChI is InChI=1S/C44H32N6/c45-41-36-24-23-32(48-36)25-31-21-22-33(47-31)26-38-39(29-15-7-2-8-16-29)40(30-17-9-3-10-18-30)44(50(38)34-19-11-4-12-20-34)42(46)43-35(27-37(41)49-43)28-13-5-1-6-14-28/h1-27,48H,45-46H2. The van der Waals surface area contributed by atoms with Crippen LogP contribution in [0.3, 0.4) is 0 Å². The number of nitrogens with two attached hydrogens (primary N) is 2. The summed E-state index contributed by atoms with van der Waals surface area (Å²) in [5.74, 6) is 0. The first-order valence-electron chi connectivity index (χ1n) is 16.6. The van der Waals surface area contributed by atoms with Gasteiger partial charge in [0, 0.05) is 27.9 Å². The van der Waals surface area contributed by atoms with E-state index in [0.717, 1.165) is 72.5 Å². The molecule has 4 aromatic carbocycles. The molecule has 7 aromatic rings. The van der Waals surface area contributed by atoms with Crippen LogP contribution in [0.15, 0.2) is 146 Å². The van der Waals surface area contributed by atoms with Crippen LogP contribution in [-0.4, -0.2) is 19.5 Å². The van der Waals surface area contributed by atoms with Gasteiger partial charge in [0.05, 0.1) is 50.7 Å². The molecule has 0 spiro atoms. The van der Waals surface area contributed by atoms with Crippen LogP contribution >= 0.6 is 0 Å². The van der Waals surface area contributed by atoms with Crippen molar-refractivity contribution in [3.63, 3.8) is 0 Å². The highest BCUT2D eigenvalue weighted by Gasteiger charge is 2.26. The van der Waals surface area contributed by atoms with Gasteiger partial charge in [0.15, 0.2) is 0 Å². The van der Waals surface area contributed by atoms with E-state index in [-0.39, 0.29) is 0 Å². The summed E-state index contributed by atoms with van der Waals surface area (Å²) < 4.78 is 2.26. The van der Waals surface area contributed by atoms with Crippen molar-refractivity contribution in [2.24, 2.45) is 0 Å². The molecule has 238 valence electrons. The van der Waals surface area contributed by atoms with Crippen LogP contribution in [0.25, 0.3) is 73.8 Å². The number of para-hydroxylation sites is 1. The molecular weight excluding hydrogens is 613 g/mol. The van der Waals surface area contributed by atoms with E-state index >= 15 is 0 Å². The largest absolute Gasteiger partial charge is 0.395 e. The Morgan fingerprint density at radius 3 is 1.78 bits per heavy atom. The van der Waals surface area contributed by atoms with E-state index in [4.69, 9.17) is 21.4 Å². The van der Waals surface area contributed by atoms with E-state index < -0.39 is 0 Å². The molecule has 0 aliphatic carbocycles. The topological polar surface area (TPSA) is 98.5 Å². The SMILES string of the molecule is Nc1c2nc(c(N)c3c(-c4ccccc4)c(-c4ccccc4)c(cc4nc(cc5ccc1[nH]5)C=C4)n3-c1ccccc1)C(c1ccccc1)=C2. The minimum absolute atomic E-state index is 0.532. The van der Waals surface area contributed by atoms with E-state index in [9.17, 15) is 0 Å². The Balaban J connectivity index is 1.58. The number of nitrogen functional groups attached to an aromatic ring is 2. The van der Waals surface area contributed by atoms with Gasteiger partial charge < -0.3 is 21.0 Å². The summed E-state index contributed by atoms with van der Waals surface area (Å²) in [6.07, 6.45) is 6.13. The minimum atomic E-state index is 0.532. The smallest absolute Gasteiger partial charge is 0.0968 e. The number of nitrogens with zero attached hydrogens (tertiary/aromatic N) is 3. The molecular formula is C44H32N6. The molecule has 6 heteroatoms. The number of rotatable bonds is 4. The summed E-state index contributed by atoms with van der Waals surface area (Å²) in [5.41, 5.74) is 29.0. The zero-order valence-electron chi connectivity index (χ0n) is 27.1. The van der Waals surface area contributed by atoms with Gasteiger partial charge in [0.2, 0.25) is 0 Å². The molecule has 2 aliphatic heterocycles. The first-order chi connectivity index (χ1) is 24.6. The highest BCUT2D eigenvalue weighted by molar-refractivity contribution is 6.11. The Morgan fingerprint density at radius 1 is 0.540 bits per heavy atom. The Morgan fingerprint density at radius 2 is 1.12 bits per heavy atom. The lowest BCUT2D eigenvalue weighted by Crippen LogP contribution is -2.01. The zero-order chi connectivity index (χ0) is 33.6. The summed E-state index contributed by atoms with van der Waals surface area (Å²) in [6.45, 7) is 0. The molecule has 50 heavy (non-hydrogen) atoms. The van der Waals surface area contributed by atoms with Crippen molar-refractivity contribution >= 4 is 57.2 Å². The first kappa shape index (κ1) is 29.2. The molecule has 0 saturated carbocycles. The van der Waals surface area contributed by atoms with Crippen LogP contribution in [-0.2, 0) is 0 Å². The fourth-order valence-corrected chi connectivity index (χ4v) is 6.97. The number of aromatic nitrogens is 4. The lowest BCUT2D eigenvalue weighted by molar-refractivity contribution is 1.17. The third kappa shape index (κ3) is 4.98. The van der Waals surface area contributed by atoms with E-state index in [1.165, 1.54) is 0 Å².